The third-order valence-corrected chi connectivity index (χ3v) is 3.58. The van der Waals surface area contributed by atoms with Crippen molar-refractivity contribution in [2.24, 2.45) is 4.99 Å². The van der Waals surface area contributed by atoms with Gasteiger partial charge in [-0.3, -0.25) is 4.90 Å². The highest BCUT2D eigenvalue weighted by molar-refractivity contribution is 5.32. The number of hydrogen-bond acceptors (Lipinski definition) is 3. The number of likely N-dealkylation sites (tertiary alicyclic amines) is 1. The van der Waals surface area contributed by atoms with Crippen molar-refractivity contribution < 1.29 is 4.79 Å². The fourth-order valence-corrected chi connectivity index (χ4v) is 2.56. The Labute approximate surface area is 85.2 Å². The molecule has 78 valence electrons. The van der Waals surface area contributed by atoms with Gasteiger partial charge in [-0.25, -0.2) is 9.79 Å². The van der Waals surface area contributed by atoms with E-state index in [0.717, 1.165) is 6.04 Å². The van der Waals surface area contributed by atoms with Crippen LogP contribution in [0.2, 0.25) is 0 Å². The Morgan fingerprint density at radius 1 is 1.21 bits per heavy atom. The predicted octanol–water partition coefficient (Wildman–Crippen LogP) is 1.73. The fraction of sp³-hybridized carbons (Fsp3) is 0.909. The minimum atomic E-state index is 0.524. The van der Waals surface area contributed by atoms with Crippen molar-refractivity contribution in [3.8, 4) is 0 Å². The van der Waals surface area contributed by atoms with E-state index < -0.39 is 0 Å². The molecule has 1 saturated heterocycles. The van der Waals surface area contributed by atoms with Crippen LogP contribution >= 0.6 is 0 Å². The molecule has 0 aromatic heterocycles. The fourth-order valence-electron chi connectivity index (χ4n) is 2.56. The molecule has 1 aliphatic heterocycles. The maximum Gasteiger partial charge on any atom is 0.234 e. The van der Waals surface area contributed by atoms with Gasteiger partial charge in [-0.1, -0.05) is 12.8 Å². The molecule has 1 saturated carbocycles. The molecule has 0 amide bonds. The van der Waals surface area contributed by atoms with Gasteiger partial charge in [0.1, 0.15) is 0 Å². The molecule has 0 bridgehead atoms. The summed E-state index contributed by atoms with van der Waals surface area (Å²) in [4.78, 5) is 16.4. The molecule has 0 radical (unpaired) electrons. The third-order valence-electron chi connectivity index (χ3n) is 3.58. The van der Waals surface area contributed by atoms with Gasteiger partial charge in [-0.05, 0) is 32.2 Å². The van der Waals surface area contributed by atoms with Crippen molar-refractivity contribution in [3.05, 3.63) is 0 Å². The van der Waals surface area contributed by atoms with Crippen LogP contribution in [-0.2, 0) is 4.79 Å². The van der Waals surface area contributed by atoms with E-state index in [1.807, 2.05) is 0 Å². The maximum atomic E-state index is 10.1. The van der Waals surface area contributed by atoms with Crippen molar-refractivity contribution in [3.63, 3.8) is 0 Å². The number of rotatable bonds is 3. The molecule has 0 aromatic carbocycles. The number of carbonyl (C=O) groups excluding carboxylic acids is 1. The van der Waals surface area contributed by atoms with Crippen LogP contribution in [-0.4, -0.2) is 36.2 Å². The lowest BCUT2D eigenvalue weighted by Gasteiger charge is -2.44. The number of nitrogens with zero attached hydrogens (tertiary/aromatic N) is 2. The van der Waals surface area contributed by atoms with E-state index >= 15 is 0 Å². The Morgan fingerprint density at radius 2 is 2.07 bits per heavy atom. The van der Waals surface area contributed by atoms with Crippen molar-refractivity contribution >= 4 is 6.08 Å². The Kier molecular flexibility index (Phi) is 3.33. The van der Waals surface area contributed by atoms with E-state index in [0.29, 0.717) is 12.6 Å². The lowest BCUT2D eigenvalue weighted by Crippen LogP contribution is -2.50. The minimum absolute atomic E-state index is 0.524. The predicted molar refractivity (Wildman–Crippen MR) is 55.0 cm³/mol. The molecule has 2 fully saturated rings. The summed E-state index contributed by atoms with van der Waals surface area (Å²) < 4.78 is 0. The summed E-state index contributed by atoms with van der Waals surface area (Å²) in [6, 6.07) is 1.32. The summed E-state index contributed by atoms with van der Waals surface area (Å²) >= 11 is 0. The lowest BCUT2D eigenvalue weighted by molar-refractivity contribution is 0.0559. The molecule has 1 unspecified atom stereocenters. The summed E-state index contributed by atoms with van der Waals surface area (Å²) in [6.45, 7) is 1.88. The first kappa shape index (κ1) is 9.88. The van der Waals surface area contributed by atoms with E-state index in [4.69, 9.17) is 0 Å². The second-order valence-corrected chi connectivity index (χ2v) is 4.40. The Bertz CT molecular complexity index is 231. The van der Waals surface area contributed by atoms with Crippen molar-refractivity contribution in [2.45, 2.75) is 50.6 Å². The first-order chi connectivity index (χ1) is 6.92. The maximum absolute atomic E-state index is 10.1. The zero-order valence-corrected chi connectivity index (χ0v) is 8.61. The molecule has 3 nitrogen and oxygen atoms in total. The molecule has 1 aliphatic carbocycles. The van der Waals surface area contributed by atoms with Gasteiger partial charge in [0.15, 0.2) is 0 Å². The highest BCUT2D eigenvalue weighted by Crippen LogP contribution is 2.30. The SMILES string of the molecule is O=C=NCC1CCCCN1C1CCC1. The summed E-state index contributed by atoms with van der Waals surface area (Å²) in [5.74, 6) is 0. The quantitative estimate of drug-likeness (QED) is 0.506. The zero-order valence-electron chi connectivity index (χ0n) is 8.61. The van der Waals surface area contributed by atoms with Gasteiger partial charge in [-0.15, -0.1) is 0 Å². The molecule has 3 heteroatoms. The zero-order chi connectivity index (χ0) is 9.80. The summed E-state index contributed by atoms with van der Waals surface area (Å²) in [5.41, 5.74) is 0. The minimum Gasteiger partial charge on any atom is -0.296 e. The van der Waals surface area contributed by atoms with Gasteiger partial charge in [-0.2, -0.15) is 0 Å². The average Bonchev–Trinajstić information content (AvgIpc) is 2.14. The van der Waals surface area contributed by atoms with Crippen LogP contribution in [0.15, 0.2) is 4.99 Å². The largest absolute Gasteiger partial charge is 0.296 e. The van der Waals surface area contributed by atoms with Gasteiger partial charge in [0, 0.05) is 12.1 Å². The van der Waals surface area contributed by atoms with Gasteiger partial charge >= 0.3 is 0 Å². The topological polar surface area (TPSA) is 32.7 Å². The van der Waals surface area contributed by atoms with Crippen LogP contribution in [0.1, 0.15) is 38.5 Å². The second kappa shape index (κ2) is 4.72. The van der Waals surface area contributed by atoms with Crippen LogP contribution in [0.5, 0.6) is 0 Å². The number of piperidine rings is 1. The molecule has 2 rings (SSSR count). The first-order valence-electron chi connectivity index (χ1n) is 5.71. The average molecular weight is 194 g/mol. The summed E-state index contributed by atoms with van der Waals surface area (Å²) in [6.07, 6.45) is 9.56. The molecule has 0 spiro atoms. The van der Waals surface area contributed by atoms with E-state index in [1.54, 1.807) is 6.08 Å². The highest BCUT2D eigenvalue weighted by atomic mass is 16.1. The van der Waals surface area contributed by atoms with Crippen molar-refractivity contribution in [1.82, 2.24) is 4.90 Å². The summed E-state index contributed by atoms with van der Waals surface area (Å²) in [7, 11) is 0. The number of hydrogen-bond donors (Lipinski definition) is 0. The Balaban J connectivity index is 1.91. The van der Waals surface area contributed by atoms with Crippen LogP contribution < -0.4 is 0 Å². The number of isocyanates is 1. The lowest BCUT2D eigenvalue weighted by atomic mass is 9.87. The molecular formula is C11H18N2O. The van der Waals surface area contributed by atoms with Crippen LogP contribution in [0.4, 0.5) is 0 Å². The monoisotopic (exact) mass is 194 g/mol. The highest BCUT2D eigenvalue weighted by Gasteiger charge is 2.31. The molecule has 1 heterocycles. The van der Waals surface area contributed by atoms with Crippen molar-refractivity contribution in [2.75, 3.05) is 13.1 Å². The molecular weight excluding hydrogens is 176 g/mol. The molecule has 14 heavy (non-hydrogen) atoms. The summed E-state index contributed by atoms with van der Waals surface area (Å²) in [5, 5.41) is 0. The van der Waals surface area contributed by atoms with Crippen molar-refractivity contribution in [1.29, 1.82) is 0 Å². The van der Waals surface area contributed by atoms with Crippen LogP contribution in [0, 0.1) is 0 Å². The van der Waals surface area contributed by atoms with Gasteiger partial charge < -0.3 is 0 Å². The van der Waals surface area contributed by atoms with E-state index in [1.165, 1.54) is 45.1 Å². The van der Waals surface area contributed by atoms with E-state index in [2.05, 4.69) is 9.89 Å². The normalized spacial score (nSPS) is 29.3. The Hall–Kier alpha value is -0.660. The second-order valence-electron chi connectivity index (χ2n) is 4.40. The van der Waals surface area contributed by atoms with Crippen LogP contribution in [0.3, 0.4) is 0 Å². The first-order valence-corrected chi connectivity index (χ1v) is 5.71. The molecule has 0 N–H and O–H groups in total. The van der Waals surface area contributed by atoms with E-state index in [-0.39, 0.29) is 0 Å². The van der Waals surface area contributed by atoms with Gasteiger partial charge in [0.25, 0.3) is 0 Å². The molecule has 2 aliphatic rings. The van der Waals surface area contributed by atoms with Gasteiger partial charge in [0.05, 0.1) is 6.54 Å². The molecule has 0 aromatic rings. The van der Waals surface area contributed by atoms with Crippen LogP contribution in [0.25, 0.3) is 0 Å². The smallest absolute Gasteiger partial charge is 0.234 e. The third kappa shape index (κ3) is 2.05. The standard InChI is InChI=1S/C11H18N2O/c14-9-12-8-11-4-1-2-7-13(11)10-5-3-6-10/h10-11H,1-8H2. The van der Waals surface area contributed by atoms with E-state index in [9.17, 15) is 4.79 Å². The molecule has 1 atom stereocenters. The van der Waals surface area contributed by atoms with Gasteiger partial charge in [0.2, 0.25) is 6.08 Å². The Morgan fingerprint density at radius 3 is 2.71 bits per heavy atom. The number of aliphatic imine (C=N–C) groups is 1.